The molecule has 64 heavy (non-hydrogen) atoms. The van der Waals surface area contributed by atoms with Crippen molar-refractivity contribution in [2.24, 2.45) is 11.3 Å². The number of hydrogen-bond donors (Lipinski definition) is 4. The van der Waals surface area contributed by atoms with Crippen LogP contribution in [0, 0.1) is 16.5 Å². The van der Waals surface area contributed by atoms with E-state index < -0.39 is 62.3 Å². The summed E-state index contributed by atoms with van der Waals surface area (Å²) in [6.07, 6.45) is 7.45. The zero-order valence-electron chi connectivity index (χ0n) is 37.3. The monoisotopic (exact) mass is 906 g/mol. The Labute approximate surface area is 372 Å². The number of carbonyl (C=O) groups excluding carboxylic acids is 3. The van der Waals surface area contributed by atoms with Gasteiger partial charge in [-0.25, -0.2) is 4.79 Å². The molecule has 6 heterocycles. The van der Waals surface area contributed by atoms with Crippen molar-refractivity contribution in [1.29, 1.82) is 0 Å². The molecule has 1 saturated heterocycles. The molecule has 2 aromatic carbocycles. The number of likely N-dealkylation sites (N-methyl/N-ethyl adjacent to an activating group) is 1. The normalized spacial score (nSPS) is 33.7. The molecule has 1 aliphatic carbocycles. The Hall–Kier alpha value is -4.82. The van der Waals surface area contributed by atoms with Crippen LogP contribution in [0.4, 0.5) is 5.69 Å². The van der Waals surface area contributed by atoms with E-state index in [9.17, 15) is 19.9 Å². The highest BCUT2D eigenvalue weighted by Crippen LogP contribution is 2.68. The first-order chi connectivity index (χ1) is 30.2. The van der Waals surface area contributed by atoms with Crippen LogP contribution in [0.2, 0.25) is 0 Å². The molecule has 1 aromatic heterocycles. The molecule has 3 aromatic rings. The lowest BCUT2D eigenvalue weighted by molar-refractivity contribution is -0.880. The second-order valence-electron chi connectivity index (χ2n) is 18.3. The predicted molar refractivity (Wildman–Crippen MR) is 235 cm³/mol. The Morgan fingerprint density at radius 1 is 1.03 bits per heavy atom. The minimum absolute atomic E-state index is 0.241. The Balaban J connectivity index is 0.00000106. The largest absolute Gasteiger partial charge is 0.633 e. The third kappa shape index (κ3) is 6.61. The van der Waals surface area contributed by atoms with Crippen molar-refractivity contribution in [3.63, 3.8) is 0 Å². The molecule has 6 aliphatic rings. The van der Waals surface area contributed by atoms with Crippen LogP contribution in [0.1, 0.15) is 68.8 Å². The van der Waals surface area contributed by atoms with Crippen molar-refractivity contribution in [2.45, 2.75) is 87.5 Å². The van der Waals surface area contributed by atoms with Gasteiger partial charge in [-0.2, -0.15) is 8.42 Å². The number of nitrogens with one attached hydrogen (secondary N) is 1. The highest BCUT2D eigenvalue weighted by Gasteiger charge is 2.80. The number of benzene rings is 2. The molecular weight excluding hydrogens is 849 g/mol. The van der Waals surface area contributed by atoms with E-state index >= 15 is 4.79 Å². The number of esters is 3. The zero-order valence-corrected chi connectivity index (χ0v) is 38.1. The quantitative estimate of drug-likeness (QED) is 0.0652. The van der Waals surface area contributed by atoms with Gasteiger partial charge in [0.1, 0.15) is 17.7 Å². The number of anilines is 1. The van der Waals surface area contributed by atoms with Crippen LogP contribution < -0.4 is 9.64 Å². The molecule has 9 rings (SSSR count). The summed E-state index contributed by atoms with van der Waals surface area (Å²) in [5.74, 6) is -1.82. The van der Waals surface area contributed by atoms with Crippen molar-refractivity contribution in [2.75, 3.05) is 66.0 Å². The number of fused-ring (bicyclic) bond motifs is 6. The van der Waals surface area contributed by atoms with Crippen LogP contribution in [0.3, 0.4) is 0 Å². The number of nitrogens with zero attached hydrogens (tertiary/aromatic N) is 3. The molecular formula is C46H58N4O13S. The number of aromatic amines is 1. The minimum Gasteiger partial charge on any atom is -0.633 e. The summed E-state index contributed by atoms with van der Waals surface area (Å²) in [5.41, 5.74) is -0.0423. The Morgan fingerprint density at radius 3 is 2.38 bits per heavy atom. The van der Waals surface area contributed by atoms with Gasteiger partial charge < -0.3 is 43.8 Å². The molecule has 4 N–H and O–H groups in total. The van der Waals surface area contributed by atoms with E-state index in [0.29, 0.717) is 69.0 Å². The third-order valence-electron chi connectivity index (χ3n) is 15.3. The van der Waals surface area contributed by atoms with Gasteiger partial charge >= 0.3 is 28.3 Å². The first kappa shape index (κ1) is 45.7. The molecule has 9 atom stereocenters. The number of hydroxylamine groups is 3. The molecule has 18 heteroatoms. The highest BCUT2D eigenvalue weighted by atomic mass is 32.3. The lowest BCUT2D eigenvalue weighted by Crippen LogP contribution is -2.81. The van der Waals surface area contributed by atoms with Crippen molar-refractivity contribution < 1.29 is 60.6 Å². The van der Waals surface area contributed by atoms with Crippen LogP contribution in [0.25, 0.3) is 10.9 Å². The standard InChI is InChI=1S/C46H56N4O9.H2O4S/c1-8-28-21-29-24-45(41(52)57-6,37-31(15-20-50(55,25-28)26-29)30-13-10-11-14-34(30)47-37)33-22-32-35(23-36(33)56-5)48(4)39-44(32)17-19-49-18-12-16-43(9-2,38(44)49)40(59-27(3)51)46(39,54)42(53)58-7;1-5(2,3)4/h10-14,16,21-23,29,38-40,47,54H,8-9,15,17-20,24-26H2,1-7H3;(H2,1,2,3,4). The van der Waals surface area contributed by atoms with Gasteiger partial charge in [0.15, 0.2) is 6.10 Å². The maximum atomic E-state index is 15.3. The minimum atomic E-state index is -4.67. The van der Waals surface area contributed by atoms with E-state index in [1.807, 2.05) is 61.4 Å². The first-order valence-corrected chi connectivity index (χ1v) is 23.1. The summed E-state index contributed by atoms with van der Waals surface area (Å²) in [7, 11) is 1.43. The predicted octanol–water partition coefficient (Wildman–Crippen LogP) is 4.16. The maximum Gasteiger partial charge on any atom is 0.394 e. The number of quaternary nitrogens is 1. The van der Waals surface area contributed by atoms with Crippen LogP contribution in [-0.2, 0) is 56.2 Å². The third-order valence-corrected chi connectivity index (χ3v) is 15.3. The molecule has 0 radical (unpaired) electrons. The van der Waals surface area contributed by atoms with Crippen LogP contribution in [0.5, 0.6) is 5.75 Å². The number of ether oxygens (including phenoxy) is 4. The molecule has 9 unspecified atom stereocenters. The molecule has 17 nitrogen and oxygen atoms in total. The topological polar surface area (TPSA) is 228 Å². The number of hydrogen-bond acceptors (Lipinski definition) is 13. The summed E-state index contributed by atoms with van der Waals surface area (Å²) >= 11 is 0. The Kier molecular flexibility index (Phi) is 11.4. The fourth-order valence-corrected chi connectivity index (χ4v) is 13.3. The summed E-state index contributed by atoms with van der Waals surface area (Å²) in [6.45, 7) is 7.76. The molecule has 1 spiro atoms. The van der Waals surface area contributed by atoms with E-state index in [2.05, 4.69) is 29.0 Å². The number of carbonyl (C=O) groups is 3. The molecule has 1 saturated carbocycles. The van der Waals surface area contributed by atoms with Gasteiger partial charge in [-0.3, -0.25) is 23.6 Å². The van der Waals surface area contributed by atoms with E-state index in [0.717, 1.165) is 39.7 Å². The second kappa shape index (κ2) is 16.0. The fraction of sp³-hybridized carbons (Fsp3) is 0.543. The van der Waals surface area contributed by atoms with E-state index in [1.165, 1.54) is 21.1 Å². The van der Waals surface area contributed by atoms with Crippen molar-refractivity contribution in [1.82, 2.24) is 9.88 Å². The zero-order chi connectivity index (χ0) is 46.4. The number of H-pyrrole nitrogens is 1. The molecule has 2 bridgehead atoms. The smallest absolute Gasteiger partial charge is 0.394 e. The summed E-state index contributed by atoms with van der Waals surface area (Å²) in [5, 5.41) is 29.0. The van der Waals surface area contributed by atoms with Gasteiger partial charge in [0, 0.05) is 83.6 Å². The van der Waals surface area contributed by atoms with Gasteiger partial charge in [0.25, 0.3) is 0 Å². The van der Waals surface area contributed by atoms with Gasteiger partial charge in [-0.15, -0.1) is 0 Å². The van der Waals surface area contributed by atoms with Gasteiger partial charge in [0.05, 0.1) is 40.5 Å². The molecule has 0 amide bonds. The maximum absolute atomic E-state index is 15.3. The van der Waals surface area contributed by atoms with Crippen molar-refractivity contribution in [3.05, 3.63) is 87.8 Å². The van der Waals surface area contributed by atoms with Gasteiger partial charge in [-0.05, 0) is 61.1 Å². The summed E-state index contributed by atoms with van der Waals surface area (Å²) in [6, 6.07) is 10.7. The van der Waals surface area contributed by atoms with Crippen molar-refractivity contribution in [3.8, 4) is 5.75 Å². The van der Waals surface area contributed by atoms with E-state index in [1.54, 1.807) is 7.11 Å². The van der Waals surface area contributed by atoms with Gasteiger partial charge in [-0.1, -0.05) is 50.3 Å². The number of para-hydroxylation sites is 1. The molecule has 346 valence electrons. The summed E-state index contributed by atoms with van der Waals surface area (Å²) < 4.78 is 55.1. The lowest BCUT2D eigenvalue weighted by Gasteiger charge is -2.63. The number of aromatic nitrogens is 1. The summed E-state index contributed by atoms with van der Waals surface area (Å²) in [4.78, 5) is 50.7. The van der Waals surface area contributed by atoms with Crippen molar-refractivity contribution >= 4 is 44.9 Å². The number of aliphatic hydroxyl groups is 1. The molecule has 5 aliphatic heterocycles. The Morgan fingerprint density at radius 2 is 1.73 bits per heavy atom. The Bertz CT molecular complexity index is 2570. The molecule has 2 fully saturated rings. The lowest BCUT2D eigenvalue weighted by atomic mass is 9.47. The van der Waals surface area contributed by atoms with Crippen LogP contribution >= 0.6 is 0 Å². The van der Waals surface area contributed by atoms with Gasteiger partial charge in [0.2, 0.25) is 5.60 Å². The highest BCUT2D eigenvalue weighted by molar-refractivity contribution is 7.79. The number of methoxy groups -OCH3 is 3. The van der Waals surface area contributed by atoms with E-state index in [4.69, 9.17) is 36.5 Å². The second-order valence-corrected chi connectivity index (χ2v) is 19.2. The SMILES string of the molecule is CCC1=CC2CC(C(=O)OC)(c3cc4c(cc3OC)N(C)C3C(O)(C(=O)OC)C(OC(C)=O)C5(CC)C=CCN6CCC43C65)c3[nH]c4ccccc4c3CC[N+]([O-])(C1)C2.O=S(=O)(O)O. The average Bonchev–Trinajstić information content (AvgIpc) is 3.92. The fourth-order valence-electron chi connectivity index (χ4n) is 13.3. The first-order valence-electron chi connectivity index (χ1n) is 21.7. The van der Waals surface area contributed by atoms with Crippen LogP contribution in [0.15, 0.2) is 60.2 Å². The number of rotatable bonds is 7. The van der Waals surface area contributed by atoms with Crippen LogP contribution in [-0.4, -0.2) is 140 Å². The van der Waals surface area contributed by atoms with E-state index in [-0.39, 0.29) is 23.0 Å². The average molecular weight is 907 g/mol.